The zero-order valence-electron chi connectivity index (χ0n) is 6.37. The summed E-state index contributed by atoms with van der Waals surface area (Å²) in [6.07, 6.45) is 0.978. The highest BCUT2D eigenvalue weighted by Crippen LogP contribution is 2.14. The molecule has 0 amide bonds. The molecule has 0 fully saturated rings. The summed E-state index contributed by atoms with van der Waals surface area (Å²) in [6, 6.07) is 0. The third-order valence-electron chi connectivity index (χ3n) is 1.64. The van der Waals surface area contributed by atoms with Gasteiger partial charge in [-0.2, -0.15) is 12.6 Å². The molecule has 0 aliphatic rings. The molecule has 0 aliphatic heterocycles. The van der Waals surface area contributed by atoms with E-state index in [-0.39, 0.29) is 6.42 Å². The van der Waals surface area contributed by atoms with Gasteiger partial charge in [0.1, 0.15) is 0 Å². The molecule has 0 spiro atoms. The molecule has 2 unspecified atom stereocenters. The molecule has 3 heteroatoms. The summed E-state index contributed by atoms with van der Waals surface area (Å²) in [4.78, 5) is 10.1. The largest absolute Gasteiger partial charge is 0.481 e. The maximum absolute atomic E-state index is 10.1. The van der Waals surface area contributed by atoms with Crippen LogP contribution in [0.3, 0.4) is 0 Å². The minimum atomic E-state index is -0.721. The third kappa shape index (κ3) is 4.68. The first-order valence-electron chi connectivity index (χ1n) is 3.44. The minimum absolute atomic E-state index is 0.256. The van der Waals surface area contributed by atoms with Gasteiger partial charge in [-0.05, 0) is 12.3 Å². The fraction of sp³-hybridized carbons (Fsp3) is 0.857. The van der Waals surface area contributed by atoms with E-state index in [1.807, 2.05) is 13.8 Å². The van der Waals surface area contributed by atoms with Crippen molar-refractivity contribution >= 4 is 18.6 Å². The number of hydrogen-bond acceptors (Lipinski definition) is 2. The number of thiol groups is 1. The first kappa shape index (κ1) is 9.82. The Labute approximate surface area is 67.0 Å². The van der Waals surface area contributed by atoms with Crippen LogP contribution in [0.2, 0.25) is 0 Å². The zero-order chi connectivity index (χ0) is 8.15. The van der Waals surface area contributed by atoms with E-state index >= 15 is 0 Å². The normalized spacial score (nSPS) is 16.3. The second-order valence-electron chi connectivity index (χ2n) is 2.65. The van der Waals surface area contributed by atoms with Crippen molar-refractivity contribution in [3.8, 4) is 0 Å². The lowest BCUT2D eigenvalue weighted by atomic mass is 10.0. The average Bonchev–Trinajstić information content (AvgIpc) is 1.82. The van der Waals surface area contributed by atoms with Crippen molar-refractivity contribution in [2.75, 3.05) is 0 Å². The number of carboxylic acid groups (broad SMARTS) is 1. The van der Waals surface area contributed by atoms with Crippen molar-refractivity contribution in [2.45, 2.75) is 31.9 Å². The summed E-state index contributed by atoms with van der Waals surface area (Å²) in [5, 5.41) is 8.61. The molecule has 1 N–H and O–H groups in total. The summed E-state index contributed by atoms with van der Waals surface area (Å²) in [7, 11) is 0. The number of aliphatic carboxylic acids is 1. The number of carbonyl (C=O) groups is 1. The van der Waals surface area contributed by atoms with Crippen LogP contribution in [0.5, 0.6) is 0 Å². The SMILES string of the molecule is CC(S)C(C)CCC(=O)O. The quantitative estimate of drug-likeness (QED) is 0.618. The Morgan fingerprint density at radius 2 is 2.10 bits per heavy atom. The molecule has 0 heterocycles. The van der Waals surface area contributed by atoms with E-state index in [1.165, 1.54) is 0 Å². The predicted octanol–water partition coefficient (Wildman–Crippen LogP) is 1.81. The maximum Gasteiger partial charge on any atom is 0.303 e. The average molecular weight is 162 g/mol. The van der Waals surface area contributed by atoms with Gasteiger partial charge in [0.15, 0.2) is 0 Å². The van der Waals surface area contributed by atoms with E-state index in [2.05, 4.69) is 12.6 Å². The molecule has 0 aromatic rings. The fourth-order valence-corrected chi connectivity index (χ4v) is 0.741. The molecule has 0 aliphatic carbocycles. The van der Waals surface area contributed by atoms with Crippen LogP contribution in [-0.2, 0) is 4.79 Å². The molecule has 0 saturated heterocycles. The van der Waals surface area contributed by atoms with E-state index in [1.54, 1.807) is 0 Å². The van der Waals surface area contributed by atoms with Gasteiger partial charge in [0.2, 0.25) is 0 Å². The van der Waals surface area contributed by atoms with Crippen molar-refractivity contribution in [1.29, 1.82) is 0 Å². The number of rotatable bonds is 4. The van der Waals surface area contributed by atoms with Crippen LogP contribution in [0.4, 0.5) is 0 Å². The van der Waals surface area contributed by atoms with E-state index in [0.29, 0.717) is 11.2 Å². The van der Waals surface area contributed by atoms with Gasteiger partial charge in [-0.15, -0.1) is 0 Å². The molecule has 60 valence electrons. The summed E-state index contributed by atoms with van der Waals surface area (Å²) in [6.45, 7) is 4.00. The van der Waals surface area contributed by atoms with Crippen LogP contribution in [0, 0.1) is 5.92 Å². The predicted molar refractivity (Wildman–Crippen MR) is 44.5 cm³/mol. The zero-order valence-corrected chi connectivity index (χ0v) is 7.27. The van der Waals surface area contributed by atoms with Crippen LogP contribution >= 0.6 is 12.6 Å². The van der Waals surface area contributed by atoms with E-state index in [4.69, 9.17) is 5.11 Å². The minimum Gasteiger partial charge on any atom is -0.481 e. The Balaban J connectivity index is 3.39. The first-order chi connectivity index (χ1) is 4.54. The standard InChI is InChI=1S/C7H14O2S/c1-5(6(2)10)3-4-7(8)9/h5-6,10H,3-4H2,1-2H3,(H,8,9). The Bertz CT molecular complexity index is 112. The van der Waals surface area contributed by atoms with Crippen LogP contribution in [0.15, 0.2) is 0 Å². The lowest BCUT2D eigenvalue weighted by Crippen LogP contribution is -2.09. The molecular weight excluding hydrogens is 148 g/mol. The summed E-state index contributed by atoms with van der Waals surface area (Å²) < 4.78 is 0. The lowest BCUT2D eigenvalue weighted by molar-refractivity contribution is -0.137. The third-order valence-corrected chi connectivity index (χ3v) is 2.15. The highest BCUT2D eigenvalue weighted by atomic mass is 32.1. The van der Waals surface area contributed by atoms with Crippen molar-refractivity contribution < 1.29 is 9.90 Å². The second-order valence-corrected chi connectivity index (χ2v) is 3.46. The van der Waals surface area contributed by atoms with Crippen molar-refractivity contribution in [3.63, 3.8) is 0 Å². The smallest absolute Gasteiger partial charge is 0.303 e. The van der Waals surface area contributed by atoms with Crippen LogP contribution < -0.4 is 0 Å². The van der Waals surface area contributed by atoms with Gasteiger partial charge in [0.25, 0.3) is 0 Å². The maximum atomic E-state index is 10.1. The van der Waals surface area contributed by atoms with Crippen molar-refractivity contribution in [2.24, 2.45) is 5.92 Å². The molecule has 10 heavy (non-hydrogen) atoms. The molecule has 0 bridgehead atoms. The van der Waals surface area contributed by atoms with Crippen molar-refractivity contribution in [3.05, 3.63) is 0 Å². The molecule has 2 atom stereocenters. The second kappa shape index (κ2) is 4.61. The van der Waals surface area contributed by atoms with Gasteiger partial charge in [-0.3, -0.25) is 4.79 Å². The molecule has 0 aromatic carbocycles. The summed E-state index contributed by atoms with van der Waals surface area (Å²) >= 11 is 4.20. The molecule has 0 rings (SSSR count). The van der Waals surface area contributed by atoms with Gasteiger partial charge in [-0.25, -0.2) is 0 Å². The fourth-order valence-electron chi connectivity index (χ4n) is 0.592. The highest BCUT2D eigenvalue weighted by molar-refractivity contribution is 7.80. The summed E-state index contributed by atoms with van der Waals surface area (Å²) in [5.41, 5.74) is 0. The van der Waals surface area contributed by atoms with Crippen molar-refractivity contribution in [1.82, 2.24) is 0 Å². The molecule has 2 nitrogen and oxygen atoms in total. The van der Waals surface area contributed by atoms with Crippen LogP contribution in [-0.4, -0.2) is 16.3 Å². The highest BCUT2D eigenvalue weighted by Gasteiger charge is 2.08. The van der Waals surface area contributed by atoms with Gasteiger partial charge >= 0.3 is 5.97 Å². The topological polar surface area (TPSA) is 37.3 Å². The van der Waals surface area contributed by atoms with E-state index < -0.39 is 5.97 Å². The van der Waals surface area contributed by atoms with Crippen LogP contribution in [0.25, 0.3) is 0 Å². The number of carboxylic acids is 1. The van der Waals surface area contributed by atoms with Gasteiger partial charge in [-0.1, -0.05) is 13.8 Å². The number of hydrogen-bond donors (Lipinski definition) is 2. The molecule has 0 aromatic heterocycles. The first-order valence-corrected chi connectivity index (χ1v) is 3.95. The van der Waals surface area contributed by atoms with Gasteiger partial charge < -0.3 is 5.11 Å². The van der Waals surface area contributed by atoms with Gasteiger partial charge in [0, 0.05) is 11.7 Å². The Hall–Kier alpha value is -0.180. The summed E-state index contributed by atoms with van der Waals surface area (Å²) in [5.74, 6) is -0.333. The molecular formula is C7H14O2S. The Morgan fingerprint density at radius 3 is 2.40 bits per heavy atom. The molecule has 0 saturated carbocycles. The van der Waals surface area contributed by atoms with E-state index in [0.717, 1.165) is 6.42 Å². The Morgan fingerprint density at radius 1 is 1.60 bits per heavy atom. The molecule has 0 radical (unpaired) electrons. The Kier molecular flexibility index (Phi) is 4.52. The monoisotopic (exact) mass is 162 g/mol. The van der Waals surface area contributed by atoms with Gasteiger partial charge in [0.05, 0.1) is 0 Å². The lowest BCUT2D eigenvalue weighted by Gasteiger charge is -2.12. The van der Waals surface area contributed by atoms with E-state index in [9.17, 15) is 4.79 Å². The van der Waals surface area contributed by atoms with Crippen LogP contribution in [0.1, 0.15) is 26.7 Å².